The molecule has 0 saturated heterocycles. The molecule has 1 aromatic carbocycles. The summed E-state index contributed by atoms with van der Waals surface area (Å²) in [5.74, 6) is 0. The summed E-state index contributed by atoms with van der Waals surface area (Å²) < 4.78 is 5.00. The third kappa shape index (κ3) is 5.28. The van der Waals surface area contributed by atoms with Gasteiger partial charge in [0.15, 0.2) is 6.61 Å². The van der Waals surface area contributed by atoms with Crippen molar-refractivity contribution in [3.63, 3.8) is 0 Å². The van der Waals surface area contributed by atoms with Crippen molar-refractivity contribution in [2.24, 2.45) is 5.73 Å². The number of nitrogens with two attached hydrogens (primary N) is 1. The van der Waals surface area contributed by atoms with Crippen molar-refractivity contribution < 1.29 is 14.6 Å². The largest absolute Gasteiger partial charge is 0.362 e. The van der Waals surface area contributed by atoms with Crippen LogP contribution in [-0.2, 0) is 9.57 Å². The van der Waals surface area contributed by atoms with E-state index in [0.717, 1.165) is 0 Å². The van der Waals surface area contributed by atoms with Crippen LogP contribution in [0.5, 0.6) is 0 Å². The van der Waals surface area contributed by atoms with Crippen LogP contribution in [0.25, 0.3) is 0 Å². The van der Waals surface area contributed by atoms with Crippen LogP contribution in [0.2, 0.25) is 0 Å². The van der Waals surface area contributed by atoms with Crippen LogP contribution in [0.3, 0.4) is 0 Å². The topological polar surface area (TPSA) is 76.6 Å². The molecule has 0 aliphatic carbocycles. The monoisotopic (exact) mass is 226 g/mol. The van der Waals surface area contributed by atoms with Gasteiger partial charge in [0.25, 0.3) is 0 Å². The predicted octanol–water partition coefficient (Wildman–Crippen LogP) is 1.05. The first-order chi connectivity index (χ1) is 7.68. The van der Waals surface area contributed by atoms with Crippen LogP contribution in [-0.4, -0.2) is 24.5 Å². The minimum atomic E-state index is -0.356. The molecule has 0 radical (unpaired) electrons. The van der Waals surface area contributed by atoms with Crippen LogP contribution in [0.4, 0.5) is 5.69 Å². The van der Waals surface area contributed by atoms with Crippen molar-refractivity contribution in [2.45, 2.75) is 13.2 Å². The lowest BCUT2D eigenvalue weighted by Gasteiger charge is -2.04. The standard InChI is InChI=1S/C10H16N3O3/c1-9(11)15-7-8-16-13(14)12-10-5-3-2-4-6-10/h2-6,9H,7-8,11H2,1H3,(H,12,14)/q+1. The van der Waals surface area contributed by atoms with Gasteiger partial charge in [0.1, 0.15) is 16.8 Å². The second kappa shape index (κ2) is 6.76. The molecule has 0 aromatic heterocycles. The van der Waals surface area contributed by atoms with Crippen LogP contribution in [0, 0.1) is 4.91 Å². The SMILES string of the molecule is CC(N)OCCO[N+](=O)Nc1ccccc1. The molecule has 16 heavy (non-hydrogen) atoms. The fourth-order valence-corrected chi connectivity index (χ4v) is 1.00. The van der Waals surface area contributed by atoms with E-state index in [1.165, 1.54) is 0 Å². The van der Waals surface area contributed by atoms with Gasteiger partial charge in [-0.15, -0.1) is 0 Å². The molecule has 1 aromatic rings. The Hall–Kier alpha value is -1.66. The van der Waals surface area contributed by atoms with Gasteiger partial charge in [-0.2, -0.15) is 0 Å². The van der Waals surface area contributed by atoms with Gasteiger partial charge in [-0.05, 0) is 19.1 Å². The fraction of sp³-hybridized carbons (Fsp3) is 0.400. The summed E-state index contributed by atoms with van der Waals surface area (Å²) in [4.78, 5) is 15.9. The van der Waals surface area contributed by atoms with Gasteiger partial charge in [-0.25, -0.2) is 4.84 Å². The predicted molar refractivity (Wildman–Crippen MR) is 59.2 cm³/mol. The molecule has 0 saturated carbocycles. The Labute approximate surface area is 93.8 Å². The highest BCUT2D eigenvalue weighted by Crippen LogP contribution is 2.04. The number of hydrogen-bond donors (Lipinski definition) is 2. The quantitative estimate of drug-likeness (QED) is 0.413. The highest BCUT2D eigenvalue weighted by Gasteiger charge is 2.09. The Morgan fingerprint density at radius 2 is 2.06 bits per heavy atom. The second-order valence-corrected chi connectivity index (χ2v) is 3.14. The highest BCUT2D eigenvalue weighted by atomic mass is 16.8. The van der Waals surface area contributed by atoms with E-state index in [1.807, 2.05) is 18.2 Å². The molecule has 6 nitrogen and oxygen atoms in total. The number of rotatable bonds is 7. The van der Waals surface area contributed by atoms with E-state index in [-0.39, 0.29) is 19.4 Å². The van der Waals surface area contributed by atoms with E-state index in [1.54, 1.807) is 19.1 Å². The summed E-state index contributed by atoms with van der Waals surface area (Å²) in [6.07, 6.45) is -0.356. The number of para-hydroxylation sites is 1. The maximum absolute atomic E-state index is 11.2. The van der Waals surface area contributed by atoms with Crippen molar-refractivity contribution in [3.8, 4) is 0 Å². The Balaban J connectivity index is 2.17. The van der Waals surface area contributed by atoms with Crippen molar-refractivity contribution in [1.29, 1.82) is 0 Å². The Morgan fingerprint density at radius 3 is 2.69 bits per heavy atom. The zero-order chi connectivity index (χ0) is 11.8. The molecule has 0 fully saturated rings. The molecule has 0 spiro atoms. The van der Waals surface area contributed by atoms with Gasteiger partial charge >= 0.3 is 5.03 Å². The fourth-order valence-electron chi connectivity index (χ4n) is 1.00. The number of nitrogens with one attached hydrogen (secondary N) is 1. The van der Waals surface area contributed by atoms with Crippen molar-refractivity contribution >= 4 is 5.69 Å². The van der Waals surface area contributed by atoms with Crippen LogP contribution < -0.4 is 11.2 Å². The molecular formula is C10H16N3O3+. The van der Waals surface area contributed by atoms with Gasteiger partial charge in [0.05, 0.1) is 6.61 Å². The molecule has 0 heterocycles. The Morgan fingerprint density at radius 1 is 1.38 bits per heavy atom. The minimum Gasteiger partial charge on any atom is -0.360 e. The third-order valence-corrected chi connectivity index (χ3v) is 1.67. The van der Waals surface area contributed by atoms with E-state index < -0.39 is 0 Å². The van der Waals surface area contributed by atoms with E-state index in [9.17, 15) is 4.91 Å². The summed E-state index contributed by atoms with van der Waals surface area (Å²) in [5, 5.41) is 0.292. The van der Waals surface area contributed by atoms with Crippen LogP contribution in [0.1, 0.15) is 6.92 Å². The average molecular weight is 226 g/mol. The second-order valence-electron chi connectivity index (χ2n) is 3.14. The molecule has 6 heteroatoms. The normalized spacial score (nSPS) is 11.9. The molecule has 0 bridgehead atoms. The summed E-state index contributed by atoms with van der Waals surface area (Å²) in [6.45, 7) is 2.12. The molecule has 88 valence electrons. The van der Waals surface area contributed by atoms with E-state index >= 15 is 0 Å². The average Bonchev–Trinajstić information content (AvgIpc) is 2.25. The molecule has 1 atom stereocenters. The van der Waals surface area contributed by atoms with Gasteiger partial charge in [0.2, 0.25) is 0 Å². The molecule has 0 amide bonds. The highest BCUT2D eigenvalue weighted by molar-refractivity contribution is 5.39. The maximum atomic E-state index is 11.2. The smallest absolute Gasteiger partial charge is 0.360 e. The Kier molecular flexibility index (Phi) is 5.24. The number of benzene rings is 1. The summed E-state index contributed by atoms with van der Waals surface area (Å²) >= 11 is 0. The van der Waals surface area contributed by atoms with Crippen molar-refractivity contribution in [3.05, 3.63) is 35.2 Å². The number of ether oxygens (including phenoxy) is 1. The summed E-state index contributed by atoms with van der Waals surface area (Å²) in [7, 11) is 0. The van der Waals surface area contributed by atoms with Crippen LogP contribution in [0.15, 0.2) is 30.3 Å². The minimum absolute atomic E-state index is 0.144. The van der Waals surface area contributed by atoms with Gasteiger partial charge in [-0.1, -0.05) is 23.6 Å². The number of anilines is 1. The lowest BCUT2D eigenvalue weighted by atomic mass is 10.3. The number of nitrogens with zero attached hydrogens (tertiary/aromatic N) is 1. The lowest BCUT2D eigenvalue weighted by molar-refractivity contribution is -0.783. The first-order valence-electron chi connectivity index (χ1n) is 4.97. The van der Waals surface area contributed by atoms with E-state index in [4.69, 9.17) is 15.3 Å². The summed E-state index contributed by atoms with van der Waals surface area (Å²) in [6, 6.07) is 9.00. The van der Waals surface area contributed by atoms with Gasteiger partial charge in [0, 0.05) is 0 Å². The molecule has 0 aliphatic rings. The van der Waals surface area contributed by atoms with Gasteiger partial charge < -0.3 is 10.5 Å². The molecule has 1 unspecified atom stereocenters. The van der Waals surface area contributed by atoms with E-state index in [2.05, 4.69) is 5.43 Å². The zero-order valence-corrected chi connectivity index (χ0v) is 9.13. The van der Waals surface area contributed by atoms with E-state index in [0.29, 0.717) is 10.7 Å². The Bertz CT molecular complexity index is 316. The molecule has 1 rings (SSSR count). The summed E-state index contributed by atoms with van der Waals surface area (Å²) in [5.41, 5.74) is 8.50. The molecule has 0 aliphatic heterocycles. The lowest BCUT2D eigenvalue weighted by Crippen LogP contribution is -2.24. The zero-order valence-electron chi connectivity index (χ0n) is 9.13. The maximum Gasteiger partial charge on any atom is 0.362 e. The van der Waals surface area contributed by atoms with Crippen molar-refractivity contribution in [1.82, 2.24) is 0 Å². The molecular weight excluding hydrogens is 210 g/mol. The van der Waals surface area contributed by atoms with Crippen LogP contribution >= 0.6 is 0 Å². The van der Waals surface area contributed by atoms with Crippen molar-refractivity contribution in [2.75, 3.05) is 18.6 Å². The first-order valence-corrected chi connectivity index (χ1v) is 4.97. The van der Waals surface area contributed by atoms with Gasteiger partial charge in [-0.3, -0.25) is 0 Å². The third-order valence-electron chi connectivity index (χ3n) is 1.67. The number of hydrogen-bond acceptors (Lipinski definition) is 4. The first kappa shape index (κ1) is 12.4. The molecule has 3 N–H and O–H groups in total. The number of hydrazine groups is 1.